The Morgan fingerprint density at radius 2 is 1.85 bits per heavy atom. The minimum Gasteiger partial charge on any atom is -0.391 e. The van der Waals surface area contributed by atoms with Crippen LogP contribution in [-0.4, -0.2) is 91.0 Å². The van der Waals surface area contributed by atoms with E-state index in [0.29, 0.717) is 47.8 Å². The van der Waals surface area contributed by atoms with E-state index in [1.165, 1.54) is 11.3 Å². The summed E-state index contributed by atoms with van der Waals surface area (Å²) in [7, 11) is 0. The minimum atomic E-state index is -0.701. The van der Waals surface area contributed by atoms with Crippen molar-refractivity contribution in [1.82, 2.24) is 35.1 Å². The average molecular weight is 575 g/mol. The number of nitrogens with zero attached hydrogens (tertiary/aromatic N) is 9. The van der Waals surface area contributed by atoms with E-state index >= 15 is 0 Å². The molecule has 7 rings (SSSR count). The van der Waals surface area contributed by atoms with Gasteiger partial charge in [-0.25, -0.2) is 9.97 Å². The highest BCUT2D eigenvalue weighted by Gasteiger charge is 2.39. The lowest BCUT2D eigenvalue weighted by Gasteiger charge is -2.35. The molecule has 4 aromatic heterocycles. The van der Waals surface area contributed by atoms with Crippen LogP contribution in [0.15, 0.2) is 42.0 Å². The largest absolute Gasteiger partial charge is 0.391 e. The fourth-order valence-electron chi connectivity index (χ4n) is 5.23. The Labute approximate surface area is 239 Å². The third-order valence-electron chi connectivity index (χ3n) is 7.50. The van der Waals surface area contributed by atoms with Crippen LogP contribution in [0, 0.1) is 0 Å². The summed E-state index contributed by atoms with van der Waals surface area (Å²) in [6, 6.07) is 7.22. The quantitative estimate of drug-likeness (QED) is 0.242. The van der Waals surface area contributed by atoms with Crippen LogP contribution < -0.4 is 25.3 Å². The number of β-amino-alcohol motifs (C(OH)–C–C–N with tert-alkyl or cyclic N) is 1. The van der Waals surface area contributed by atoms with Gasteiger partial charge < -0.3 is 30.4 Å². The van der Waals surface area contributed by atoms with Crippen molar-refractivity contribution in [3.8, 4) is 0 Å². The number of nitrogens with one attached hydrogen (secondary N) is 3. The highest BCUT2D eigenvalue weighted by Crippen LogP contribution is 2.39. The molecule has 0 radical (unpaired) electrons. The van der Waals surface area contributed by atoms with Gasteiger partial charge in [-0.3, -0.25) is 9.89 Å². The van der Waals surface area contributed by atoms with E-state index in [1.807, 2.05) is 24.3 Å². The molecular formula is C26H30N12O2S. The number of aromatic nitrogens is 7. The lowest BCUT2D eigenvalue weighted by molar-refractivity contribution is -0.117. The fourth-order valence-corrected chi connectivity index (χ4v) is 5.76. The van der Waals surface area contributed by atoms with Gasteiger partial charge in [-0.05, 0) is 25.0 Å². The maximum atomic E-state index is 13.2. The highest BCUT2D eigenvalue weighted by atomic mass is 32.1. The van der Waals surface area contributed by atoms with Crippen LogP contribution in [0.2, 0.25) is 0 Å². The zero-order chi connectivity index (χ0) is 27.8. The number of aliphatic hydroxyl groups excluding tert-OH is 1. The number of hydrogen-bond acceptors (Lipinski definition) is 13. The van der Waals surface area contributed by atoms with Gasteiger partial charge in [0, 0.05) is 74.6 Å². The normalized spacial score (nSPS) is 20.9. The second-order valence-electron chi connectivity index (χ2n) is 10.4. The number of aromatic amines is 1. The number of carbonyl (C=O) groups is 1. The number of amides is 1. The Kier molecular flexibility index (Phi) is 6.80. The Bertz CT molecular complexity index is 1490. The number of pyridine rings is 1. The molecule has 1 amide bonds. The number of carbonyl (C=O) groups excluding carboxylic acids is 1. The number of H-pyrrole nitrogens is 1. The molecule has 15 heteroatoms. The van der Waals surface area contributed by atoms with Crippen molar-refractivity contribution in [2.75, 3.05) is 58.1 Å². The first kappa shape index (κ1) is 25.6. The summed E-state index contributed by atoms with van der Waals surface area (Å²) in [5, 5.41) is 26.4. The van der Waals surface area contributed by atoms with E-state index in [2.05, 4.69) is 45.6 Å². The van der Waals surface area contributed by atoms with Crippen molar-refractivity contribution in [2.24, 2.45) is 0 Å². The smallest absolute Gasteiger partial charge is 0.249 e. The second kappa shape index (κ2) is 10.9. The molecule has 212 valence electrons. The lowest BCUT2D eigenvalue weighted by atomic mass is 10.2. The van der Waals surface area contributed by atoms with Crippen molar-refractivity contribution < 1.29 is 9.90 Å². The predicted molar refractivity (Wildman–Crippen MR) is 155 cm³/mol. The summed E-state index contributed by atoms with van der Waals surface area (Å²) in [5.74, 6) is 2.96. The fraction of sp³-hybridized carbons (Fsp3) is 0.423. The summed E-state index contributed by atoms with van der Waals surface area (Å²) in [4.78, 5) is 42.2. The van der Waals surface area contributed by atoms with Gasteiger partial charge in [0.05, 0.1) is 6.10 Å². The van der Waals surface area contributed by atoms with Crippen LogP contribution in [0.4, 0.5) is 34.6 Å². The topological polar surface area (TPSA) is 164 Å². The second-order valence-corrected chi connectivity index (χ2v) is 11.3. The molecular weight excluding hydrogens is 544 g/mol. The molecule has 2 aliphatic heterocycles. The van der Waals surface area contributed by atoms with Gasteiger partial charge in [-0.2, -0.15) is 20.1 Å². The van der Waals surface area contributed by atoms with Gasteiger partial charge in [0.1, 0.15) is 11.9 Å². The molecule has 0 bridgehead atoms. The maximum Gasteiger partial charge on any atom is 0.249 e. The Morgan fingerprint density at radius 1 is 1.02 bits per heavy atom. The first-order chi connectivity index (χ1) is 20.1. The molecule has 1 aliphatic carbocycles. The molecule has 1 saturated carbocycles. The number of piperazine rings is 1. The monoisotopic (exact) mass is 574 g/mol. The summed E-state index contributed by atoms with van der Waals surface area (Å²) in [5.41, 5.74) is 1.09. The van der Waals surface area contributed by atoms with Gasteiger partial charge in [-0.15, -0.1) is 11.3 Å². The molecule has 3 aliphatic rings. The number of thiazole rings is 1. The molecule has 0 spiro atoms. The van der Waals surface area contributed by atoms with Crippen LogP contribution in [0.25, 0.3) is 0 Å². The van der Waals surface area contributed by atoms with Gasteiger partial charge in [-0.1, -0.05) is 6.07 Å². The molecule has 3 fully saturated rings. The zero-order valence-corrected chi connectivity index (χ0v) is 23.0. The third-order valence-corrected chi connectivity index (χ3v) is 8.19. The predicted octanol–water partition coefficient (Wildman–Crippen LogP) is 1.97. The summed E-state index contributed by atoms with van der Waals surface area (Å²) >= 11 is 1.34. The first-order valence-electron chi connectivity index (χ1n) is 13.7. The summed E-state index contributed by atoms with van der Waals surface area (Å²) < 4.78 is 0. The lowest BCUT2D eigenvalue weighted by Crippen LogP contribution is -2.47. The average Bonchev–Trinajstić information content (AvgIpc) is 3.33. The number of hydrogen-bond donors (Lipinski definition) is 4. The van der Waals surface area contributed by atoms with E-state index in [1.54, 1.807) is 22.7 Å². The van der Waals surface area contributed by atoms with Crippen molar-refractivity contribution in [2.45, 2.75) is 37.3 Å². The highest BCUT2D eigenvalue weighted by molar-refractivity contribution is 7.13. The van der Waals surface area contributed by atoms with Crippen LogP contribution in [0.3, 0.4) is 0 Å². The summed E-state index contributed by atoms with van der Waals surface area (Å²) in [6.07, 6.45) is 5.31. The van der Waals surface area contributed by atoms with E-state index in [-0.39, 0.29) is 18.9 Å². The van der Waals surface area contributed by atoms with E-state index in [0.717, 1.165) is 37.4 Å². The van der Waals surface area contributed by atoms with Gasteiger partial charge in [0.15, 0.2) is 10.9 Å². The van der Waals surface area contributed by atoms with Crippen molar-refractivity contribution in [3.63, 3.8) is 0 Å². The minimum absolute atomic E-state index is 0.223. The standard InChI is InChI=1S/C26H30N12O2S/c39-17-13-19(22(40)30-26-28-7-12-41-26)38(15-17)25-32-23(29-20-14-18(34-35-20)16-4-5-16)31-24(33-25)37-10-8-36(9-11-37)21-3-1-2-6-27-21/h1-3,6-7,12,14,16-17,19,39H,4-5,8-11,13,15H2,(H,28,30,40)(H2,29,31,32,33,34,35)/t17-,19-/m0/s1. The Hall–Kier alpha value is -4.37. The Balaban J connectivity index is 1.16. The first-order valence-corrected chi connectivity index (χ1v) is 14.6. The number of aliphatic hydroxyl groups is 1. The zero-order valence-electron chi connectivity index (χ0n) is 22.2. The molecule has 2 saturated heterocycles. The Morgan fingerprint density at radius 3 is 2.61 bits per heavy atom. The van der Waals surface area contributed by atoms with E-state index < -0.39 is 12.1 Å². The molecule has 14 nitrogen and oxygen atoms in total. The maximum absolute atomic E-state index is 13.2. The molecule has 0 unspecified atom stereocenters. The number of rotatable bonds is 8. The van der Waals surface area contributed by atoms with Crippen LogP contribution in [-0.2, 0) is 4.79 Å². The van der Waals surface area contributed by atoms with Crippen molar-refractivity contribution >= 4 is 51.9 Å². The van der Waals surface area contributed by atoms with Gasteiger partial charge >= 0.3 is 0 Å². The molecule has 6 heterocycles. The van der Waals surface area contributed by atoms with E-state index in [9.17, 15) is 9.90 Å². The molecule has 2 atom stereocenters. The third kappa shape index (κ3) is 5.63. The van der Waals surface area contributed by atoms with E-state index in [4.69, 9.17) is 9.97 Å². The molecule has 0 aromatic carbocycles. The van der Waals surface area contributed by atoms with Crippen molar-refractivity contribution in [1.29, 1.82) is 0 Å². The molecule has 4 N–H and O–H groups in total. The van der Waals surface area contributed by atoms with Crippen LogP contribution >= 0.6 is 11.3 Å². The van der Waals surface area contributed by atoms with Gasteiger partial charge in [0.2, 0.25) is 23.8 Å². The molecule has 41 heavy (non-hydrogen) atoms. The molecule has 4 aromatic rings. The number of anilines is 6. The van der Waals surface area contributed by atoms with Gasteiger partial charge in [0.25, 0.3) is 0 Å². The van der Waals surface area contributed by atoms with Crippen LogP contribution in [0.5, 0.6) is 0 Å². The van der Waals surface area contributed by atoms with Crippen molar-refractivity contribution in [3.05, 3.63) is 47.7 Å². The summed E-state index contributed by atoms with van der Waals surface area (Å²) in [6.45, 7) is 3.10. The van der Waals surface area contributed by atoms with Crippen LogP contribution in [0.1, 0.15) is 30.9 Å². The SMILES string of the molecule is O=C(Nc1nccs1)[C@@H]1C[C@H](O)CN1c1nc(Nc2cc(C3CC3)[nH]n2)nc(N2CCN(c3ccccn3)CC2)n1.